The van der Waals surface area contributed by atoms with Crippen molar-refractivity contribution in [3.63, 3.8) is 0 Å². The predicted molar refractivity (Wildman–Crippen MR) is 109 cm³/mol. The quantitative estimate of drug-likeness (QED) is 0.681. The predicted octanol–water partition coefficient (Wildman–Crippen LogP) is 5.62. The number of hydrogen-bond donors (Lipinski definition) is 1. The van der Waals surface area contributed by atoms with Crippen LogP contribution < -0.4 is 0 Å². The van der Waals surface area contributed by atoms with Gasteiger partial charge >= 0.3 is 5.97 Å². The third-order valence-electron chi connectivity index (χ3n) is 6.27. The second kappa shape index (κ2) is 7.75. The SMILES string of the molecule is Cc1c(C(=O)OC2CCC(C)CC2)[nH]c2c1C(=O)C[C@@H](c1ccccc1Cl)C2. The molecule has 0 amide bonds. The summed E-state index contributed by atoms with van der Waals surface area (Å²) in [7, 11) is 0. The lowest BCUT2D eigenvalue weighted by molar-refractivity contribution is 0.0167. The molecule has 4 rings (SSSR count). The van der Waals surface area contributed by atoms with Gasteiger partial charge in [0, 0.05) is 22.7 Å². The van der Waals surface area contributed by atoms with E-state index in [4.69, 9.17) is 16.3 Å². The van der Waals surface area contributed by atoms with Gasteiger partial charge in [0.05, 0.1) is 0 Å². The summed E-state index contributed by atoms with van der Waals surface area (Å²) >= 11 is 6.34. The van der Waals surface area contributed by atoms with E-state index in [2.05, 4.69) is 11.9 Å². The lowest BCUT2D eigenvalue weighted by Crippen LogP contribution is -2.24. The molecule has 1 aromatic heterocycles. The van der Waals surface area contributed by atoms with Crippen molar-refractivity contribution in [3.8, 4) is 0 Å². The van der Waals surface area contributed by atoms with E-state index in [9.17, 15) is 9.59 Å². The Hall–Kier alpha value is -2.07. The number of nitrogens with one attached hydrogen (secondary N) is 1. The molecule has 2 aliphatic carbocycles. The number of H-pyrrole nitrogens is 1. The van der Waals surface area contributed by atoms with Crippen molar-refractivity contribution in [3.05, 3.63) is 57.4 Å². The Bertz CT molecular complexity index is 909. The third kappa shape index (κ3) is 3.62. The van der Waals surface area contributed by atoms with Crippen molar-refractivity contribution in [1.82, 2.24) is 4.98 Å². The second-order valence-electron chi connectivity index (χ2n) is 8.32. The third-order valence-corrected chi connectivity index (χ3v) is 6.62. The average molecular weight is 400 g/mol. The summed E-state index contributed by atoms with van der Waals surface area (Å²) in [5.74, 6) is 0.448. The van der Waals surface area contributed by atoms with Gasteiger partial charge in [0.15, 0.2) is 5.78 Å². The molecule has 1 atom stereocenters. The van der Waals surface area contributed by atoms with Crippen LogP contribution in [0, 0.1) is 12.8 Å². The lowest BCUT2D eigenvalue weighted by atomic mass is 9.81. The summed E-state index contributed by atoms with van der Waals surface area (Å²) in [5.41, 5.74) is 3.61. The standard InChI is InChI=1S/C23H26ClNO3/c1-13-7-9-16(10-8-13)28-23(27)22-14(2)21-19(25-22)11-15(12-20(21)26)17-5-3-4-6-18(17)24/h3-6,13,15-16,25H,7-12H2,1-2H3/t13?,15-,16?/m0/s1. The molecule has 0 spiro atoms. The summed E-state index contributed by atoms with van der Waals surface area (Å²) in [6.45, 7) is 4.07. The van der Waals surface area contributed by atoms with Gasteiger partial charge in [-0.05, 0) is 68.1 Å². The monoisotopic (exact) mass is 399 g/mol. The molecule has 2 aliphatic rings. The molecule has 5 heteroatoms. The van der Waals surface area contributed by atoms with Crippen LogP contribution in [0.4, 0.5) is 0 Å². The van der Waals surface area contributed by atoms with Crippen molar-refractivity contribution < 1.29 is 14.3 Å². The summed E-state index contributed by atoms with van der Waals surface area (Å²) in [6.07, 6.45) is 5.08. The molecule has 0 unspecified atom stereocenters. The first-order chi connectivity index (χ1) is 13.4. The zero-order chi connectivity index (χ0) is 19.8. The largest absolute Gasteiger partial charge is 0.458 e. The van der Waals surface area contributed by atoms with Crippen LogP contribution in [0.5, 0.6) is 0 Å². The van der Waals surface area contributed by atoms with Crippen molar-refractivity contribution in [2.24, 2.45) is 5.92 Å². The number of benzene rings is 1. The molecule has 1 saturated carbocycles. The Morgan fingerprint density at radius 3 is 2.57 bits per heavy atom. The fourth-order valence-electron chi connectivity index (χ4n) is 4.62. The highest BCUT2D eigenvalue weighted by Crippen LogP contribution is 2.37. The van der Waals surface area contributed by atoms with Crippen LogP contribution in [-0.2, 0) is 11.2 Å². The number of ether oxygens (including phenoxy) is 1. The Labute approximate surface area is 170 Å². The normalized spacial score (nSPS) is 24.7. The van der Waals surface area contributed by atoms with E-state index in [1.807, 2.05) is 31.2 Å². The molecule has 1 fully saturated rings. The Balaban J connectivity index is 1.55. The Morgan fingerprint density at radius 2 is 1.86 bits per heavy atom. The fraction of sp³-hybridized carbons (Fsp3) is 0.478. The van der Waals surface area contributed by atoms with E-state index in [1.54, 1.807) is 0 Å². The van der Waals surface area contributed by atoms with Crippen LogP contribution >= 0.6 is 11.6 Å². The van der Waals surface area contributed by atoms with Gasteiger partial charge in [-0.1, -0.05) is 36.7 Å². The number of esters is 1. The van der Waals surface area contributed by atoms with Gasteiger partial charge in [-0.2, -0.15) is 0 Å². The molecular formula is C23H26ClNO3. The zero-order valence-electron chi connectivity index (χ0n) is 16.4. The van der Waals surface area contributed by atoms with Crippen LogP contribution in [-0.4, -0.2) is 22.8 Å². The van der Waals surface area contributed by atoms with Crippen LogP contribution in [0.25, 0.3) is 0 Å². The maximum absolute atomic E-state index is 12.8. The number of fused-ring (bicyclic) bond motifs is 1. The van der Waals surface area contributed by atoms with Crippen LogP contribution in [0.1, 0.15) is 82.6 Å². The van der Waals surface area contributed by atoms with E-state index in [1.165, 1.54) is 0 Å². The molecule has 1 aromatic carbocycles. The molecule has 1 N–H and O–H groups in total. The topological polar surface area (TPSA) is 59.2 Å². The Morgan fingerprint density at radius 1 is 1.14 bits per heavy atom. The van der Waals surface area contributed by atoms with Crippen molar-refractivity contribution in [1.29, 1.82) is 0 Å². The molecule has 4 nitrogen and oxygen atoms in total. The lowest BCUT2D eigenvalue weighted by Gasteiger charge is -2.25. The van der Waals surface area contributed by atoms with Crippen LogP contribution in [0.15, 0.2) is 24.3 Å². The number of halogens is 1. The van der Waals surface area contributed by atoms with Crippen LogP contribution in [0.3, 0.4) is 0 Å². The van der Waals surface area contributed by atoms with Crippen molar-refractivity contribution >= 4 is 23.4 Å². The van der Waals surface area contributed by atoms with E-state index < -0.39 is 0 Å². The minimum Gasteiger partial charge on any atom is -0.458 e. The fourth-order valence-corrected chi connectivity index (χ4v) is 4.91. The van der Waals surface area contributed by atoms with Gasteiger partial charge in [0.25, 0.3) is 0 Å². The van der Waals surface area contributed by atoms with E-state index in [0.29, 0.717) is 40.6 Å². The van der Waals surface area contributed by atoms with Crippen molar-refractivity contribution in [2.75, 3.05) is 0 Å². The molecule has 1 heterocycles. The van der Waals surface area contributed by atoms with Gasteiger partial charge in [-0.15, -0.1) is 0 Å². The number of carbonyl (C=O) groups is 2. The van der Waals surface area contributed by atoms with E-state index in [-0.39, 0.29) is 23.8 Å². The first-order valence-corrected chi connectivity index (χ1v) is 10.5. The molecule has 0 aliphatic heterocycles. The number of aromatic amines is 1. The number of rotatable bonds is 3. The molecule has 0 radical (unpaired) electrons. The highest BCUT2D eigenvalue weighted by molar-refractivity contribution is 6.31. The summed E-state index contributed by atoms with van der Waals surface area (Å²) in [4.78, 5) is 28.8. The maximum Gasteiger partial charge on any atom is 0.355 e. The molecule has 0 saturated heterocycles. The van der Waals surface area contributed by atoms with Gasteiger partial charge in [-0.25, -0.2) is 4.79 Å². The van der Waals surface area contributed by atoms with Gasteiger partial charge < -0.3 is 9.72 Å². The van der Waals surface area contributed by atoms with Crippen LogP contribution in [0.2, 0.25) is 5.02 Å². The summed E-state index contributed by atoms with van der Waals surface area (Å²) < 4.78 is 5.75. The first kappa shape index (κ1) is 19.3. The molecule has 28 heavy (non-hydrogen) atoms. The highest BCUT2D eigenvalue weighted by Gasteiger charge is 2.33. The molecule has 148 valence electrons. The zero-order valence-corrected chi connectivity index (χ0v) is 17.1. The number of Topliss-reactive ketones (excluding diaryl/α,β-unsaturated/α-hetero) is 1. The molecule has 0 bridgehead atoms. The second-order valence-corrected chi connectivity index (χ2v) is 8.72. The number of carbonyl (C=O) groups excluding carboxylic acids is 2. The van der Waals surface area contributed by atoms with Gasteiger partial charge in [0.2, 0.25) is 0 Å². The number of aromatic nitrogens is 1. The Kier molecular flexibility index (Phi) is 5.33. The number of hydrogen-bond acceptors (Lipinski definition) is 3. The molecular weight excluding hydrogens is 374 g/mol. The average Bonchev–Trinajstić information content (AvgIpc) is 3.01. The van der Waals surface area contributed by atoms with Crippen molar-refractivity contribution in [2.45, 2.75) is 64.4 Å². The highest BCUT2D eigenvalue weighted by atomic mass is 35.5. The number of ketones is 1. The van der Waals surface area contributed by atoms with Gasteiger partial charge in [0.1, 0.15) is 11.8 Å². The summed E-state index contributed by atoms with van der Waals surface area (Å²) in [6, 6.07) is 7.65. The summed E-state index contributed by atoms with van der Waals surface area (Å²) in [5, 5.41) is 0.679. The van der Waals surface area contributed by atoms with E-state index >= 15 is 0 Å². The smallest absolute Gasteiger partial charge is 0.355 e. The molecule has 2 aromatic rings. The first-order valence-electron chi connectivity index (χ1n) is 10.1. The minimum atomic E-state index is -0.339. The maximum atomic E-state index is 12.8. The van der Waals surface area contributed by atoms with E-state index in [0.717, 1.165) is 36.9 Å². The minimum absolute atomic E-state index is 0.0185. The van der Waals surface area contributed by atoms with Gasteiger partial charge in [-0.3, -0.25) is 4.79 Å².